The van der Waals surface area contributed by atoms with Crippen LogP contribution in [0.5, 0.6) is 0 Å². The van der Waals surface area contributed by atoms with E-state index in [9.17, 15) is 5.26 Å². The zero-order valence-corrected chi connectivity index (χ0v) is 15.5. The van der Waals surface area contributed by atoms with Crippen molar-refractivity contribution in [1.82, 2.24) is 20.3 Å². The van der Waals surface area contributed by atoms with E-state index in [4.69, 9.17) is 0 Å². The van der Waals surface area contributed by atoms with Gasteiger partial charge in [0.2, 0.25) is 0 Å². The van der Waals surface area contributed by atoms with E-state index < -0.39 is 0 Å². The number of benzene rings is 1. The second-order valence-electron chi connectivity index (χ2n) is 6.48. The quantitative estimate of drug-likeness (QED) is 0.832. The first-order valence-corrected chi connectivity index (χ1v) is 9.18. The van der Waals surface area contributed by atoms with Gasteiger partial charge in [0, 0.05) is 28.7 Å². The molecule has 0 spiro atoms. The number of hydrogen-bond donors (Lipinski definition) is 1. The van der Waals surface area contributed by atoms with Gasteiger partial charge in [-0.05, 0) is 37.1 Å². The Labute approximate surface area is 155 Å². The fraction of sp³-hybridized carbons (Fsp3) is 0.316. The van der Waals surface area contributed by atoms with Crippen molar-refractivity contribution >= 4 is 15.9 Å². The second kappa shape index (κ2) is 6.49. The second-order valence-corrected chi connectivity index (χ2v) is 7.40. The van der Waals surface area contributed by atoms with Gasteiger partial charge < -0.3 is 5.32 Å². The highest BCUT2D eigenvalue weighted by Gasteiger charge is 2.26. The van der Waals surface area contributed by atoms with Crippen LogP contribution < -0.4 is 5.32 Å². The van der Waals surface area contributed by atoms with Crippen LogP contribution in [0, 0.1) is 24.2 Å². The van der Waals surface area contributed by atoms with Gasteiger partial charge in [-0.15, -0.1) is 5.10 Å². The van der Waals surface area contributed by atoms with E-state index >= 15 is 0 Å². The van der Waals surface area contributed by atoms with E-state index in [-0.39, 0.29) is 12.0 Å². The zero-order chi connectivity index (χ0) is 17.4. The van der Waals surface area contributed by atoms with E-state index in [1.165, 1.54) is 11.1 Å². The van der Waals surface area contributed by atoms with E-state index in [1.54, 1.807) is 0 Å². The van der Waals surface area contributed by atoms with Crippen LogP contribution in [-0.4, -0.2) is 15.0 Å². The molecule has 5 nitrogen and oxygen atoms in total. The molecule has 1 aliphatic heterocycles. The van der Waals surface area contributed by atoms with Crippen LogP contribution in [0.2, 0.25) is 0 Å². The number of hydrogen-bond acceptors (Lipinski definition) is 4. The molecular weight excluding hydrogens is 378 g/mol. The summed E-state index contributed by atoms with van der Waals surface area (Å²) in [7, 11) is 0. The van der Waals surface area contributed by atoms with Crippen molar-refractivity contribution in [2.75, 3.05) is 0 Å². The highest BCUT2D eigenvalue weighted by Crippen LogP contribution is 2.37. The fourth-order valence-corrected chi connectivity index (χ4v) is 3.96. The molecule has 2 aromatic rings. The van der Waals surface area contributed by atoms with E-state index in [1.807, 2.05) is 23.8 Å². The predicted molar refractivity (Wildman–Crippen MR) is 99.3 cm³/mol. The summed E-state index contributed by atoms with van der Waals surface area (Å²) in [5.41, 5.74) is 5.57. The van der Waals surface area contributed by atoms with Gasteiger partial charge in [0.25, 0.3) is 0 Å². The molecule has 2 heterocycles. The standard InChI is InChI=1S/C19H18BrN5/c1-12-19-16-6-5-14(20)10-17(16)18(7-8-25(19)24-23-12)22-15-4-2-3-13(9-15)11-21/h2-6,10,13,18,22H,7-9H2,1H3. The number of allylic oxidation sites excluding steroid dienone is 4. The SMILES string of the molecule is Cc1nnn2c1-c1ccc(Br)cc1C(NC1=CC=CC(C#N)C1)CC2. The van der Waals surface area contributed by atoms with Crippen molar-refractivity contribution in [2.24, 2.45) is 5.92 Å². The molecule has 0 radical (unpaired) electrons. The molecule has 1 aromatic carbocycles. The average Bonchev–Trinajstić information content (AvgIpc) is 2.91. The van der Waals surface area contributed by atoms with Gasteiger partial charge in [0.15, 0.2) is 0 Å². The van der Waals surface area contributed by atoms with E-state index in [0.29, 0.717) is 0 Å². The summed E-state index contributed by atoms with van der Waals surface area (Å²) in [6.45, 7) is 2.81. The lowest BCUT2D eigenvalue weighted by atomic mass is 9.94. The lowest BCUT2D eigenvalue weighted by Gasteiger charge is -2.24. The Bertz CT molecular complexity index is 918. The minimum Gasteiger partial charge on any atom is -0.381 e. The molecule has 1 aromatic heterocycles. The molecule has 2 atom stereocenters. The summed E-state index contributed by atoms with van der Waals surface area (Å²) >= 11 is 3.60. The van der Waals surface area contributed by atoms with Crippen molar-refractivity contribution in [3.05, 3.63) is 57.9 Å². The maximum atomic E-state index is 9.19. The van der Waals surface area contributed by atoms with Crippen LogP contribution >= 0.6 is 15.9 Å². The smallest absolute Gasteiger partial charge is 0.0918 e. The highest BCUT2D eigenvalue weighted by atomic mass is 79.9. The molecule has 25 heavy (non-hydrogen) atoms. The van der Waals surface area contributed by atoms with E-state index in [0.717, 1.165) is 40.9 Å². The number of rotatable bonds is 2. The van der Waals surface area contributed by atoms with Crippen LogP contribution in [0.3, 0.4) is 0 Å². The summed E-state index contributed by atoms with van der Waals surface area (Å²) in [5, 5.41) is 21.4. The lowest BCUT2D eigenvalue weighted by Crippen LogP contribution is -2.23. The maximum absolute atomic E-state index is 9.19. The van der Waals surface area contributed by atoms with Crippen molar-refractivity contribution in [3.8, 4) is 17.3 Å². The number of halogens is 1. The predicted octanol–water partition coefficient (Wildman–Crippen LogP) is 4.03. The Morgan fingerprint density at radius 3 is 3.12 bits per heavy atom. The molecule has 0 fully saturated rings. The first-order valence-electron chi connectivity index (χ1n) is 8.39. The molecule has 126 valence electrons. The molecular formula is C19H18BrN5. The van der Waals surface area contributed by atoms with Crippen LogP contribution in [0.1, 0.15) is 30.1 Å². The molecule has 1 aliphatic carbocycles. The topological polar surface area (TPSA) is 66.5 Å². The first-order chi connectivity index (χ1) is 12.2. The molecule has 2 aliphatic rings. The Kier molecular flexibility index (Phi) is 4.18. The number of aromatic nitrogens is 3. The third-order valence-electron chi connectivity index (χ3n) is 4.78. The number of nitrogens with zero attached hydrogens (tertiary/aromatic N) is 4. The largest absolute Gasteiger partial charge is 0.381 e. The normalized spacial score (nSPS) is 21.6. The van der Waals surface area contributed by atoms with Gasteiger partial charge in [0.05, 0.1) is 29.4 Å². The molecule has 0 saturated carbocycles. The van der Waals surface area contributed by atoms with Crippen LogP contribution in [0.15, 0.2) is 46.6 Å². The lowest BCUT2D eigenvalue weighted by molar-refractivity contribution is 0.472. The van der Waals surface area contributed by atoms with Crippen LogP contribution in [-0.2, 0) is 6.54 Å². The summed E-state index contributed by atoms with van der Waals surface area (Å²) in [5.74, 6) is -0.0536. The Hall–Kier alpha value is -2.39. The summed E-state index contributed by atoms with van der Waals surface area (Å²) in [4.78, 5) is 0. The van der Waals surface area contributed by atoms with E-state index in [2.05, 4.69) is 61.9 Å². The maximum Gasteiger partial charge on any atom is 0.0918 e. The molecule has 6 heteroatoms. The highest BCUT2D eigenvalue weighted by molar-refractivity contribution is 9.10. The number of aryl methyl sites for hydroxylation is 2. The summed E-state index contributed by atoms with van der Waals surface area (Å²) in [6.07, 6.45) is 7.64. The molecule has 1 N–H and O–H groups in total. The minimum atomic E-state index is -0.0536. The summed E-state index contributed by atoms with van der Waals surface area (Å²) in [6, 6.07) is 8.88. The zero-order valence-electron chi connectivity index (χ0n) is 13.9. The third kappa shape index (κ3) is 3.00. The number of fused-ring (bicyclic) bond motifs is 3. The fourth-order valence-electron chi connectivity index (χ4n) is 3.58. The molecule has 0 bridgehead atoms. The molecule has 4 rings (SSSR count). The first kappa shape index (κ1) is 16.1. The van der Waals surface area contributed by atoms with Gasteiger partial charge >= 0.3 is 0 Å². The van der Waals surface area contributed by atoms with Gasteiger partial charge in [-0.1, -0.05) is 39.4 Å². The van der Waals surface area contributed by atoms with Gasteiger partial charge in [-0.25, -0.2) is 4.68 Å². The van der Waals surface area contributed by atoms with Gasteiger partial charge in [0.1, 0.15) is 0 Å². The van der Waals surface area contributed by atoms with Gasteiger partial charge in [-0.3, -0.25) is 0 Å². The van der Waals surface area contributed by atoms with Gasteiger partial charge in [-0.2, -0.15) is 5.26 Å². The Morgan fingerprint density at radius 2 is 2.28 bits per heavy atom. The monoisotopic (exact) mass is 395 g/mol. The van der Waals surface area contributed by atoms with Crippen molar-refractivity contribution < 1.29 is 0 Å². The number of nitrogens with one attached hydrogen (secondary N) is 1. The Balaban J connectivity index is 1.72. The third-order valence-corrected chi connectivity index (χ3v) is 5.28. The average molecular weight is 396 g/mol. The van der Waals surface area contributed by atoms with Crippen molar-refractivity contribution in [2.45, 2.75) is 32.4 Å². The molecule has 2 unspecified atom stereocenters. The van der Waals surface area contributed by atoms with Crippen LogP contribution in [0.4, 0.5) is 0 Å². The Morgan fingerprint density at radius 1 is 1.40 bits per heavy atom. The van der Waals surface area contributed by atoms with Crippen molar-refractivity contribution in [3.63, 3.8) is 0 Å². The van der Waals surface area contributed by atoms with Crippen molar-refractivity contribution in [1.29, 1.82) is 5.26 Å². The number of nitriles is 1. The molecule has 0 amide bonds. The van der Waals surface area contributed by atoms with Crippen LogP contribution in [0.25, 0.3) is 11.3 Å². The minimum absolute atomic E-state index is 0.0536. The summed E-state index contributed by atoms with van der Waals surface area (Å²) < 4.78 is 3.06. The molecule has 0 saturated heterocycles.